The Morgan fingerprint density at radius 2 is 1.87 bits per heavy atom. The zero-order chi connectivity index (χ0) is 17.2. The number of nitrogens with zero attached hydrogens (tertiary/aromatic N) is 1. The van der Waals surface area contributed by atoms with Crippen LogP contribution in [-0.2, 0) is 23.9 Å². The number of rotatable bonds is 10. The summed E-state index contributed by atoms with van der Waals surface area (Å²) in [6.07, 6.45) is 0.599. The van der Waals surface area contributed by atoms with Gasteiger partial charge >= 0.3 is 0 Å². The van der Waals surface area contributed by atoms with Crippen LogP contribution in [-0.4, -0.2) is 61.4 Å². The van der Waals surface area contributed by atoms with Gasteiger partial charge in [0.2, 0.25) is 23.6 Å². The quantitative estimate of drug-likeness (QED) is 0.413. The number of hydrogen-bond donors (Lipinski definition) is 2. The van der Waals surface area contributed by atoms with Crippen molar-refractivity contribution in [2.45, 2.75) is 33.1 Å². The van der Waals surface area contributed by atoms with Crippen LogP contribution in [0.15, 0.2) is 0 Å². The highest BCUT2D eigenvalue weighted by atomic mass is 16.5. The lowest BCUT2D eigenvalue weighted by Crippen LogP contribution is -2.35. The van der Waals surface area contributed by atoms with Gasteiger partial charge in [-0.3, -0.25) is 24.1 Å². The molecule has 2 N–H and O–H groups in total. The zero-order valence-electron chi connectivity index (χ0n) is 13.7. The van der Waals surface area contributed by atoms with Crippen molar-refractivity contribution in [3.8, 4) is 0 Å². The van der Waals surface area contributed by atoms with Crippen molar-refractivity contribution in [1.82, 2.24) is 15.5 Å². The Hall–Kier alpha value is -1.96. The predicted octanol–water partition coefficient (Wildman–Crippen LogP) is -0.569. The van der Waals surface area contributed by atoms with Crippen molar-refractivity contribution < 1.29 is 23.9 Å². The van der Waals surface area contributed by atoms with Crippen molar-refractivity contribution in [3.63, 3.8) is 0 Å². The largest absolute Gasteiger partial charge is 0.379 e. The highest BCUT2D eigenvalue weighted by Crippen LogP contribution is 2.18. The molecule has 1 unspecified atom stereocenters. The van der Waals surface area contributed by atoms with E-state index in [9.17, 15) is 19.2 Å². The van der Waals surface area contributed by atoms with Gasteiger partial charge in [-0.2, -0.15) is 0 Å². The van der Waals surface area contributed by atoms with E-state index in [2.05, 4.69) is 10.6 Å². The van der Waals surface area contributed by atoms with Gasteiger partial charge in [0, 0.05) is 44.8 Å². The third-order valence-corrected chi connectivity index (χ3v) is 3.45. The molecule has 130 valence electrons. The Labute approximate surface area is 135 Å². The first-order valence-corrected chi connectivity index (χ1v) is 7.91. The molecule has 23 heavy (non-hydrogen) atoms. The van der Waals surface area contributed by atoms with Gasteiger partial charge in [-0.1, -0.05) is 6.92 Å². The average Bonchev–Trinajstić information content (AvgIpc) is 2.74. The fourth-order valence-corrected chi connectivity index (χ4v) is 2.20. The molecule has 0 spiro atoms. The third-order valence-electron chi connectivity index (χ3n) is 3.45. The van der Waals surface area contributed by atoms with Crippen molar-refractivity contribution in [2.24, 2.45) is 5.92 Å². The normalized spacial score (nSPS) is 17.5. The van der Waals surface area contributed by atoms with Crippen LogP contribution in [0, 0.1) is 5.92 Å². The lowest BCUT2D eigenvalue weighted by atomic mass is 10.1. The molecular formula is C15H25N3O5. The number of imide groups is 1. The summed E-state index contributed by atoms with van der Waals surface area (Å²) in [6, 6.07) is 0. The van der Waals surface area contributed by atoms with Gasteiger partial charge in [-0.05, 0) is 6.92 Å². The molecule has 4 amide bonds. The molecule has 0 radical (unpaired) electrons. The Bertz CT molecular complexity index is 452. The Morgan fingerprint density at radius 3 is 2.48 bits per heavy atom. The molecular weight excluding hydrogens is 302 g/mol. The third kappa shape index (κ3) is 6.77. The van der Waals surface area contributed by atoms with Gasteiger partial charge in [0.25, 0.3) is 0 Å². The van der Waals surface area contributed by atoms with E-state index in [1.165, 1.54) is 0 Å². The average molecular weight is 327 g/mol. The van der Waals surface area contributed by atoms with Gasteiger partial charge in [-0.25, -0.2) is 0 Å². The summed E-state index contributed by atoms with van der Waals surface area (Å²) in [5.74, 6) is -1.02. The summed E-state index contributed by atoms with van der Waals surface area (Å²) in [7, 11) is 0. The molecule has 1 aliphatic rings. The maximum Gasteiger partial charge on any atom is 0.232 e. The van der Waals surface area contributed by atoms with Crippen molar-refractivity contribution in [2.75, 3.05) is 32.8 Å². The van der Waals surface area contributed by atoms with E-state index in [0.717, 1.165) is 4.90 Å². The highest BCUT2D eigenvalue weighted by Gasteiger charge is 2.35. The Morgan fingerprint density at radius 1 is 1.17 bits per heavy atom. The molecule has 0 aromatic carbocycles. The SMILES string of the molecule is CCNC(=O)CCOCCNC(=O)CCN1C(=O)CC(C)C1=O. The lowest BCUT2D eigenvalue weighted by molar-refractivity contribution is -0.139. The number of nitrogens with one attached hydrogen (secondary N) is 2. The standard InChI is InChI=1S/C15H25N3O5/c1-3-16-13(20)5-8-23-9-6-17-12(19)4-7-18-14(21)10-11(2)15(18)22/h11H,3-10H2,1-2H3,(H,16,20)(H,17,19). The molecule has 1 atom stereocenters. The molecule has 0 aromatic rings. The van der Waals surface area contributed by atoms with Crippen LogP contribution >= 0.6 is 0 Å². The van der Waals surface area contributed by atoms with Crippen LogP contribution in [0.3, 0.4) is 0 Å². The zero-order valence-corrected chi connectivity index (χ0v) is 13.7. The monoisotopic (exact) mass is 327 g/mol. The molecule has 0 aromatic heterocycles. The molecule has 0 saturated carbocycles. The highest BCUT2D eigenvalue weighted by molar-refractivity contribution is 6.03. The van der Waals surface area contributed by atoms with E-state index in [4.69, 9.17) is 4.74 Å². The van der Waals surface area contributed by atoms with E-state index in [1.54, 1.807) is 6.92 Å². The van der Waals surface area contributed by atoms with Gasteiger partial charge in [0.15, 0.2) is 0 Å². The molecule has 0 bridgehead atoms. The molecule has 8 heteroatoms. The number of amides is 4. The number of hydrogen-bond acceptors (Lipinski definition) is 5. The molecule has 1 fully saturated rings. The van der Waals surface area contributed by atoms with Crippen LogP contribution in [0.2, 0.25) is 0 Å². The first-order chi connectivity index (χ1) is 11.0. The smallest absolute Gasteiger partial charge is 0.232 e. The van der Waals surface area contributed by atoms with E-state index >= 15 is 0 Å². The van der Waals surface area contributed by atoms with E-state index in [0.29, 0.717) is 32.7 Å². The predicted molar refractivity (Wildman–Crippen MR) is 82.2 cm³/mol. The van der Waals surface area contributed by atoms with Crippen LogP contribution in [0.4, 0.5) is 0 Å². The van der Waals surface area contributed by atoms with E-state index < -0.39 is 0 Å². The van der Waals surface area contributed by atoms with Crippen molar-refractivity contribution in [1.29, 1.82) is 0 Å². The summed E-state index contributed by atoms with van der Waals surface area (Å²) >= 11 is 0. The molecule has 0 aliphatic carbocycles. The summed E-state index contributed by atoms with van der Waals surface area (Å²) in [5.41, 5.74) is 0. The second-order valence-corrected chi connectivity index (χ2v) is 5.40. The lowest BCUT2D eigenvalue weighted by Gasteiger charge is -2.14. The molecule has 1 rings (SSSR count). The number of ether oxygens (including phenoxy) is 1. The molecule has 1 aliphatic heterocycles. The summed E-state index contributed by atoms with van der Waals surface area (Å²) in [5, 5.41) is 5.31. The number of carbonyl (C=O) groups is 4. The summed E-state index contributed by atoms with van der Waals surface area (Å²) in [4.78, 5) is 47.2. The molecule has 1 saturated heterocycles. The minimum absolute atomic E-state index is 0.0642. The number of carbonyl (C=O) groups excluding carboxylic acids is 4. The van der Waals surface area contributed by atoms with Gasteiger partial charge in [0.05, 0.1) is 13.2 Å². The summed E-state index contributed by atoms with van der Waals surface area (Å²) < 4.78 is 5.23. The second-order valence-electron chi connectivity index (χ2n) is 5.40. The fraction of sp³-hybridized carbons (Fsp3) is 0.733. The first kappa shape index (κ1) is 19.1. The number of likely N-dealkylation sites (tertiary alicyclic amines) is 1. The van der Waals surface area contributed by atoms with Gasteiger partial charge < -0.3 is 15.4 Å². The van der Waals surface area contributed by atoms with Crippen LogP contribution in [0.25, 0.3) is 0 Å². The van der Waals surface area contributed by atoms with Crippen LogP contribution in [0.1, 0.15) is 33.1 Å². The maximum atomic E-state index is 11.7. The minimum Gasteiger partial charge on any atom is -0.379 e. The van der Waals surface area contributed by atoms with E-state index in [1.807, 2.05) is 6.92 Å². The Kier molecular flexibility index (Phi) is 8.25. The van der Waals surface area contributed by atoms with Crippen LogP contribution in [0.5, 0.6) is 0 Å². The second kappa shape index (κ2) is 9.94. The molecule has 8 nitrogen and oxygen atoms in total. The van der Waals surface area contributed by atoms with Crippen molar-refractivity contribution >= 4 is 23.6 Å². The topological polar surface area (TPSA) is 105 Å². The van der Waals surface area contributed by atoms with Gasteiger partial charge in [0.1, 0.15) is 0 Å². The minimum atomic E-state index is -0.288. The Balaban J connectivity index is 2.06. The summed E-state index contributed by atoms with van der Waals surface area (Å²) in [6.45, 7) is 5.20. The maximum absolute atomic E-state index is 11.7. The molecule has 1 heterocycles. The first-order valence-electron chi connectivity index (χ1n) is 7.91. The fourth-order valence-electron chi connectivity index (χ4n) is 2.20. The van der Waals surface area contributed by atoms with Crippen molar-refractivity contribution in [3.05, 3.63) is 0 Å². The van der Waals surface area contributed by atoms with Crippen LogP contribution < -0.4 is 10.6 Å². The van der Waals surface area contributed by atoms with E-state index in [-0.39, 0.29) is 48.9 Å². The van der Waals surface area contributed by atoms with Gasteiger partial charge in [-0.15, -0.1) is 0 Å².